The minimum Gasteiger partial charge on any atom is -0.352 e. The van der Waals surface area contributed by atoms with Crippen LogP contribution in [0.1, 0.15) is 44.5 Å². The van der Waals surface area contributed by atoms with Gasteiger partial charge in [-0.15, -0.1) is 0 Å². The van der Waals surface area contributed by atoms with Gasteiger partial charge in [0.1, 0.15) is 0 Å². The second-order valence-corrected chi connectivity index (χ2v) is 7.27. The molecule has 0 aliphatic rings. The van der Waals surface area contributed by atoms with Gasteiger partial charge in [0.05, 0.1) is 4.90 Å². The van der Waals surface area contributed by atoms with Gasteiger partial charge in [-0.05, 0) is 43.5 Å². The topological polar surface area (TPSA) is 75.3 Å². The summed E-state index contributed by atoms with van der Waals surface area (Å²) in [5, 5.41) is 2.79. The normalized spacial score (nSPS) is 13.2. The number of carbonyl (C=O) groups excluding carboxylic acids is 1. The summed E-state index contributed by atoms with van der Waals surface area (Å²) in [7, 11) is -3.52. The molecule has 0 aliphatic carbocycles. The summed E-state index contributed by atoms with van der Waals surface area (Å²) in [5.74, 6) is 0.177. The molecule has 1 unspecified atom stereocenters. The highest BCUT2D eigenvalue weighted by Crippen LogP contribution is 2.11. The molecule has 0 radical (unpaired) electrons. The number of rotatable bonds is 7. The fraction of sp³-hybridized carbons (Fsp3) is 0.533. The van der Waals surface area contributed by atoms with E-state index in [1.165, 1.54) is 24.3 Å². The molecule has 0 saturated heterocycles. The summed E-state index contributed by atoms with van der Waals surface area (Å²) in [6.07, 6.45) is 0.717. The largest absolute Gasteiger partial charge is 0.352 e. The molecule has 6 heteroatoms. The van der Waals surface area contributed by atoms with Crippen LogP contribution >= 0.6 is 0 Å². The van der Waals surface area contributed by atoms with Gasteiger partial charge in [0.2, 0.25) is 10.0 Å². The average molecular weight is 312 g/mol. The van der Waals surface area contributed by atoms with E-state index in [2.05, 4.69) is 10.0 Å². The summed E-state index contributed by atoms with van der Waals surface area (Å²) in [4.78, 5) is 12.0. The lowest BCUT2D eigenvalue weighted by Crippen LogP contribution is -2.32. The Kier molecular flexibility index (Phi) is 6.36. The first-order valence-corrected chi connectivity index (χ1v) is 8.65. The lowest BCUT2D eigenvalue weighted by molar-refractivity contribution is 0.0949. The smallest absolute Gasteiger partial charge is 0.251 e. The summed E-state index contributed by atoms with van der Waals surface area (Å²) >= 11 is 0. The fourth-order valence-electron chi connectivity index (χ4n) is 1.60. The van der Waals surface area contributed by atoms with E-state index >= 15 is 0 Å². The van der Waals surface area contributed by atoms with Crippen molar-refractivity contribution < 1.29 is 13.2 Å². The van der Waals surface area contributed by atoms with Crippen molar-refractivity contribution in [2.75, 3.05) is 6.54 Å². The number of carbonyl (C=O) groups is 1. The minimum atomic E-state index is -3.52. The second kappa shape index (κ2) is 7.56. The molecular weight excluding hydrogens is 288 g/mol. The SMILES string of the molecule is CCC(C)NS(=O)(=O)c1ccc(C(=O)NCC(C)C)cc1. The van der Waals surface area contributed by atoms with Crippen LogP contribution in [-0.2, 0) is 10.0 Å². The standard InChI is InChI=1S/C15H24N2O3S/c1-5-12(4)17-21(19,20)14-8-6-13(7-9-14)15(18)16-10-11(2)3/h6-9,11-12,17H,5,10H2,1-4H3,(H,16,18). The molecule has 2 N–H and O–H groups in total. The van der Waals surface area contributed by atoms with Gasteiger partial charge in [-0.1, -0.05) is 20.8 Å². The highest BCUT2D eigenvalue weighted by atomic mass is 32.2. The molecular formula is C15H24N2O3S. The lowest BCUT2D eigenvalue weighted by atomic mass is 10.2. The molecule has 0 bridgehead atoms. The Balaban J connectivity index is 2.80. The molecule has 0 heterocycles. The molecule has 5 nitrogen and oxygen atoms in total. The molecule has 1 rings (SSSR count). The zero-order valence-electron chi connectivity index (χ0n) is 13.0. The van der Waals surface area contributed by atoms with Crippen LogP contribution in [-0.4, -0.2) is 26.9 Å². The highest BCUT2D eigenvalue weighted by molar-refractivity contribution is 7.89. The molecule has 1 aromatic carbocycles. The molecule has 1 atom stereocenters. The van der Waals surface area contributed by atoms with Crippen LogP contribution in [0, 0.1) is 5.92 Å². The van der Waals surface area contributed by atoms with Gasteiger partial charge in [0.15, 0.2) is 0 Å². The first-order chi connectivity index (χ1) is 9.76. The Bertz CT molecular complexity index is 565. The Morgan fingerprint density at radius 2 is 1.71 bits per heavy atom. The maximum Gasteiger partial charge on any atom is 0.251 e. The van der Waals surface area contributed by atoms with Crippen molar-refractivity contribution in [3.05, 3.63) is 29.8 Å². The quantitative estimate of drug-likeness (QED) is 0.810. The van der Waals surface area contributed by atoms with E-state index in [4.69, 9.17) is 0 Å². The summed E-state index contributed by atoms with van der Waals surface area (Å²) in [5.41, 5.74) is 0.457. The van der Waals surface area contributed by atoms with Crippen LogP contribution < -0.4 is 10.0 Å². The van der Waals surface area contributed by atoms with Gasteiger partial charge in [-0.3, -0.25) is 4.79 Å². The van der Waals surface area contributed by atoms with E-state index in [-0.39, 0.29) is 16.8 Å². The molecule has 1 aromatic rings. The Hall–Kier alpha value is -1.40. The third kappa shape index (κ3) is 5.47. The van der Waals surface area contributed by atoms with Gasteiger partial charge in [-0.25, -0.2) is 13.1 Å². The van der Waals surface area contributed by atoms with Crippen LogP contribution in [0.15, 0.2) is 29.2 Å². The van der Waals surface area contributed by atoms with E-state index in [0.29, 0.717) is 18.0 Å². The number of hydrogen-bond acceptors (Lipinski definition) is 3. The number of sulfonamides is 1. The van der Waals surface area contributed by atoms with Crippen molar-refractivity contribution in [3.8, 4) is 0 Å². The zero-order valence-corrected chi connectivity index (χ0v) is 13.8. The van der Waals surface area contributed by atoms with Crippen LogP contribution in [0.3, 0.4) is 0 Å². The number of amides is 1. The third-order valence-electron chi connectivity index (χ3n) is 3.07. The van der Waals surface area contributed by atoms with Crippen LogP contribution in [0.2, 0.25) is 0 Å². The van der Waals surface area contributed by atoms with Crippen LogP contribution in [0.5, 0.6) is 0 Å². The van der Waals surface area contributed by atoms with E-state index in [1.807, 2.05) is 27.7 Å². The van der Waals surface area contributed by atoms with Gasteiger partial charge in [0.25, 0.3) is 5.91 Å². The second-order valence-electron chi connectivity index (χ2n) is 5.56. The molecule has 118 valence electrons. The Morgan fingerprint density at radius 3 is 2.19 bits per heavy atom. The van der Waals surface area contributed by atoms with Gasteiger partial charge < -0.3 is 5.32 Å². The van der Waals surface area contributed by atoms with E-state index in [0.717, 1.165) is 6.42 Å². The summed E-state index contributed by atoms with van der Waals surface area (Å²) in [6.45, 7) is 8.34. The zero-order chi connectivity index (χ0) is 16.0. The first kappa shape index (κ1) is 17.7. The Labute approximate surface area is 127 Å². The van der Waals surface area contributed by atoms with Crippen molar-refractivity contribution in [2.24, 2.45) is 5.92 Å². The van der Waals surface area contributed by atoms with Crippen LogP contribution in [0.25, 0.3) is 0 Å². The molecule has 1 amide bonds. The Morgan fingerprint density at radius 1 is 1.14 bits per heavy atom. The number of nitrogens with one attached hydrogen (secondary N) is 2. The maximum atomic E-state index is 12.1. The van der Waals surface area contributed by atoms with E-state index in [9.17, 15) is 13.2 Å². The van der Waals surface area contributed by atoms with Crippen molar-refractivity contribution in [2.45, 2.75) is 45.1 Å². The molecule has 0 saturated carbocycles. The monoisotopic (exact) mass is 312 g/mol. The van der Waals surface area contributed by atoms with E-state index in [1.54, 1.807) is 0 Å². The average Bonchev–Trinajstić information content (AvgIpc) is 2.44. The predicted octanol–water partition coefficient (Wildman–Crippen LogP) is 2.15. The molecule has 0 aliphatic heterocycles. The third-order valence-corrected chi connectivity index (χ3v) is 4.67. The fourth-order valence-corrected chi connectivity index (χ4v) is 2.93. The van der Waals surface area contributed by atoms with Gasteiger partial charge >= 0.3 is 0 Å². The predicted molar refractivity (Wildman–Crippen MR) is 83.7 cm³/mol. The first-order valence-electron chi connectivity index (χ1n) is 7.16. The molecule has 0 spiro atoms. The summed E-state index contributed by atoms with van der Waals surface area (Å²) in [6, 6.07) is 5.84. The lowest BCUT2D eigenvalue weighted by Gasteiger charge is -2.12. The molecule has 0 fully saturated rings. The van der Waals surface area contributed by atoms with Crippen molar-refractivity contribution >= 4 is 15.9 Å². The van der Waals surface area contributed by atoms with Crippen molar-refractivity contribution in [3.63, 3.8) is 0 Å². The number of benzene rings is 1. The van der Waals surface area contributed by atoms with Crippen molar-refractivity contribution in [1.82, 2.24) is 10.0 Å². The van der Waals surface area contributed by atoms with Crippen molar-refractivity contribution in [1.29, 1.82) is 0 Å². The maximum absolute atomic E-state index is 12.1. The van der Waals surface area contributed by atoms with Gasteiger partial charge in [-0.2, -0.15) is 0 Å². The van der Waals surface area contributed by atoms with Gasteiger partial charge in [0, 0.05) is 18.2 Å². The summed E-state index contributed by atoms with van der Waals surface area (Å²) < 4.78 is 26.8. The van der Waals surface area contributed by atoms with Crippen LogP contribution in [0.4, 0.5) is 0 Å². The molecule has 21 heavy (non-hydrogen) atoms. The van der Waals surface area contributed by atoms with E-state index < -0.39 is 10.0 Å². The minimum absolute atomic E-state index is 0.121. The highest BCUT2D eigenvalue weighted by Gasteiger charge is 2.17. The number of hydrogen-bond donors (Lipinski definition) is 2. The molecule has 0 aromatic heterocycles.